The molecule has 2 N–H and O–H groups in total. The number of halogens is 1. The molecule has 1 fully saturated rings. The van der Waals surface area contributed by atoms with Gasteiger partial charge in [-0.05, 0) is 23.6 Å². The van der Waals surface area contributed by atoms with Gasteiger partial charge in [-0.1, -0.05) is 20.8 Å². The fourth-order valence-electron chi connectivity index (χ4n) is 2.77. The molecule has 2 aromatic rings. The van der Waals surface area contributed by atoms with Crippen LogP contribution in [0.5, 0.6) is 0 Å². The van der Waals surface area contributed by atoms with Crippen LogP contribution in [0.15, 0.2) is 22.6 Å². The number of morpholine rings is 1. The fraction of sp³-hybridized carbons (Fsp3) is 0.556. The normalized spacial score (nSPS) is 18.0. The first-order valence-electron chi connectivity index (χ1n) is 8.39. The Labute approximate surface area is 154 Å². The molecule has 1 atom stereocenters. The van der Waals surface area contributed by atoms with Crippen molar-refractivity contribution in [2.24, 2.45) is 5.41 Å². The molecule has 1 saturated heterocycles. The van der Waals surface area contributed by atoms with Crippen LogP contribution in [0, 0.1) is 5.41 Å². The average Bonchev–Trinajstić information content (AvgIpc) is 2.87. The number of benzene rings is 1. The van der Waals surface area contributed by atoms with Gasteiger partial charge in [-0.3, -0.25) is 4.79 Å². The summed E-state index contributed by atoms with van der Waals surface area (Å²) in [5.41, 5.74) is 2.37. The number of hydrogen-bond acceptors (Lipinski definition) is 5. The molecule has 0 saturated carbocycles. The third kappa shape index (κ3) is 5.70. The van der Waals surface area contributed by atoms with E-state index in [2.05, 4.69) is 36.4 Å². The Morgan fingerprint density at radius 2 is 2.20 bits per heavy atom. The second-order valence-corrected chi connectivity index (χ2v) is 7.51. The van der Waals surface area contributed by atoms with Gasteiger partial charge >= 0.3 is 0 Å². The number of hydrogen-bond donors (Lipinski definition) is 2. The van der Waals surface area contributed by atoms with Crippen LogP contribution in [0.4, 0.5) is 5.69 Å². The SMILES string of the molecule is CC(C)(C)Cc1nc2cc(NC(=O)CC3COCCN3)ccc2o1.Cl. The van der Waals surface area contributed by atoms with E-state index in [1.807, 2.05) is 18.2 Å². The molecular weight excluding hydrogens is 342 g/mol. The average molecular weight is 368 g/mol. The molecule has 2 heterocycles. The largest absolute Gasteiger partial charge is 0.441 e. The third-order valence-corrected chi connectivity index (χ3v) is 3.83. The van der Waals surface area contributed by atoms with Crippen molar-refractivity contribution in [3.05, 3.63) is 24.1 Å². The molecular formula is C18H26ClN3O3. The monoisotopic (exact) mass is 367 g/mol. The van der Waals surface area contributed by atoms with E-state index in [1.54, 1.807) is 0 Å². The van der Waals surface area contributed by atoms with Crippen molar-refractivity contribution >= 4 is 35.1 Å². The van der Waals surface area contributed by atoms with Gasteiger partial charge < -0.3 is 19.8 Å². The molecule has 25 heavy (non-hydrogen) atoms. The topological polar surface area (TPSA) is 76.4 Å². The van der Waals surface area contributed by atoms with Crippen LogP contribution < -0.4 is 10.6 Å². The van der Waals surface area contributed by atoms with Crippen LogP contribution in [0.3, 0.4) is 0 Å². The Morgan fingerprint density at radius 3 is 2.88 bits per heavy atom. The lowest BCUT2D eigenvalue weighted by atomic mass is 9.92. The van der Waals surface area contributed by atoms with Crippen molar-refractivity contribution in [2.45, 2.75) is 39.7 Å². The predicted octanol–water partition coefficient (Wildman–Crippen LogP) is 3.16. The first-order valence-corrected chi connectivity index (χ1v) is 8.39. The number of amides is 1. The molecule has 1 aliphatic rings. The van der Waals surface area contributed by atoms with Gasteiger partial charge in [0.1, 0.15) is 5.52 Å². The predicted molar refractivity (Wildman–Crippen MR) is 100 cm³/mol. The van der Waals surface area contributed by atoms with Gasteiger partial charge in [-0.2, -0.15) is 0 Å². The number of carbonyl (C=O) groups is 1. The third-order valence-electron chi connectivity index (χ3n) is 3.83. The number of anilines is 1. The lowest BCUT2D eigenvalue weighted by Gasteiger charge is -2.23. The number of oxazole rings is 1. The molecule has 1 amide bonds. The Morgan fingerprint density at radius 1 is 1.40 bits per heavy atom. The molecule has 6 nitrogen and oxygen atoms in total. The molecule has 3 rings (SSSR count). The van der Waals surface area contributed by atoms with E-state index in [4.69, 9.17) is 9.15 Å². The molecule has 1 unspecified atom stereocenters. The van der Waals surface area contributed by atoms with Gasteiger partial charge in [0.25, 0.3) is 0 Å². The molecule has 0 bridgehead atoms. The lowest BCUT2D eigenvalue weighted by molar-refractivity contribution is -0.117. The quantitative estimate of drug-likeness (QED) is 0.868. The number of aromatic nitrogens is 1. The summed E-state index contributed by atoms with van der Waals surface area (Å²) in [5, 5.41) is 6.20. The van der Waals surface area contributed by atoms with Crippen LogP contribution in [0.2, 0.25) is 0 Å². The number of rotatable bonds is 4. The molecule has 1 aromatic heterocycles. The first-order chi connectivity index (χ1) is 11.4. The summed E-state index contributed by atoms with van der Waals surface area (Å²) in [7, 11) is 0. The summed E-state index contributed by atoms with van der Waals surface area (Å²) in [6.45, 7) is 8.52. The van der Waals surface area contributed by atoms with Crippen LogP contribution in [-0.2, 0) is 16.0 Å². The Kier molecular flexibility index (Phi) is 6.43. The van der Waals surface area contributed by atoms with Gasteiger partial charge in [0, 0.05) is 31.1 Å². The van der Waals surface area contributed by atoms with Gasteiger partial charge in [0.15, 0.2) is 11.5 Å². The number of nitrogens with one attached hydrogen (secondary N) is 2. The van der Waals surface area contributed by atoms with Crippen molar-refractivity contribution < 1.29 is 13.9 Å². The van der Waals surface area contributed by atoms with Crippen molar-refractivity contribution in [1.29, 1.82) is 0 Å². The van der Waals surface area contributed by atoms with E-state index >= 15 is 0 Å². The highest BCUT2D eigenvalue weighted by atomic mass is 35.5. The lowest BCUT2D eigenvalue weighted by Crippen LogP contribution is -2.43. The number of carbonyl (C=O) groups excluding carboxylic acids is 1. The summed E-state index contributed by atoms with van der Waals surface area (Å²) < 4.78 is 11.1. The molecule has 0 aliphatic carbocycles. The second-order valence-electron chi connectivity index (χ2n) is 7.51. The van der Waals surface area contributed by atoms with Gasteiger partial charge in [-0.25, -0.2) is 4.98 Å². The highest BCUT2D eigenvalue weighted by Gasteiger charge is 2.18. The summed E-state index contributed by atoms with van der Waals surface area (Å²) in [5.74, 6) is 0.695. The molecule has 138 valence electrons. The number of ether oxygens (including phenoxy) is 1. The first kappa shape index (κ1) is 19.7. The van der Waals surface area contributed by atoms with E-state index in [1.165, 1.54) is 0 Å². The second kappa shape index (κ2) is 8.17. The summed E-state index contributed by atoms with van der Waals surface area (Å²) >= 11 is 0. The summed E-state index contributed by atoms with van der Waals surface area (Å²) in [6, 6.07) is 5.63. The Bertz CT molecular complexity index is 718. The summed E-state index contributed by atoms with van der Waals surface area (Å²) in [6.07, 6.45) is 1.17. The maximum absolute atomic E-state index is 12.2. The van der Waals surface area contributed by atoms with Gasteiger partial charge in [-0.15, -0.1) is 12.4 Å². The fourth-order valence-corrected chi connectivity index (χ4v) is 2.77. The van der Waals surface area contributed by atoms with Crippen molar-refractivity contribution in [3.63, 3.8) is 0 Å². The van der Waals surface area contributed by atoms with Gasteiger partial charge in [0.2, 0.25) is 5.91 Å². The minimum Gasteiger partial charge on any atom is -0.441 e. The Hall–Kier alpha value is -1.63. The van der Waals surface area contributed by atoms with E-state index < -0.39 is 0 Å². The molecule has 0 radical (unpaired) electrons. The van der Waals surface area contributed by atoms with E-state index in [0.717, 1.165) is 35.6 Å². The smallest absolute Gasteiger partial charge is 0.226 e. The van der Waals surface area contributed by atoms with Crippen molar-refractivity contribution in [3.8, 4) is 0 Å². The molecule has 1 aromatic carbocycles. The zero-order chi connectivity index (χ0) is 17.2. The zero-order valence-corrected chi connectivity index (χ0v) is 15.7. The standard InChI is InChI=1S/C18H25N3O3.ClH/c1-18(2,3)10-17-21-14-8-12(4-5-15(14)24-17)20-16(22)9-13-11-23-7-6-19-13;/h4-5,8,13,19H,6-7,9-11H2,1-3H3,(H,20,22);1H. The zero-order valence-electron chi connectivity index (χ0n) is 14.9. The van der Waals surface area contributed by atoms with Crippen LogP contribution >= 0.6 is 12.4 Å². The van der Waals surface area contributed by atoms with E-state index in [-0.39, 0.29) is 29.8 Å². The number of fused-ring (bicyclic) bond motifs is 1. The van der Waals surface area contributed by atoms with Gasteiger partial charge in [0.05, 0.1) is 13.2 Å². The Balaban J connectivity index is 0.00000225. The molecule has 1 aliphatic heterocycles. The van der Waals surface area contributed by atoms with Crippen LogP contribution in [0.25, 0.3) is 11.1 Å². The maximum Gasteiger partial charge on any atom is 0.226 e. The summed E-state index contributed by atoms with van der Waals surface area (Å²) in [4.78, 5) is 16.7. The maximum atomic E-state index is 12.2. The van der Waals surface area contributed by atoms with E-state index in [9.17, 15) is 4.79 Å². The van der Waals surface area contributed by atoms with Crippen LogP contribution in [0.1, 0.15) is 33.1 Å². The minimum absolute atomic E-state index is 0. The molecule has 0 spiro atoms. The van der Waals surface area contributed by atoms with Crippen LogP contribution in [-0.4, -0.2) is 36.7 Å². The highest BCUT2D eigenvalue weighted by molar-refractivity contribution is 5.93. The van der Waals surface area contributed by atoms with E-state index in [0.29, 0.717) is 19.6 Å². The highest BCUT2D eigenvalue weighted by Crippen LogP contribution is 2.25. The minimum atomic E-state index is -0.0317. The van der Waals surface area contributed by atoms with Crippen molar-refractivity contribution in [2.75, 3.05) is 25.1 Å². The van der Waals surface area contributed by atoms with Crippen molar-refractivity contribution in [1.82, 2.24) is 10.3 Å². The number of nitrogens with zero attached hydrogens (tertiary/aromatic N) is 1. The molecule has 7 heteroatoms.